The minimum atomic E-state index is -0.939. The first-order valence-corrected chi connectivity index (χ1v) is 7.52. The van der Waals surface area contributed by atoms with Gasteiger partial charge in [0.25, 0.3) is 0 Å². The monoisotopic (exact) mass is 308 g/mol. The first-order valence-electron chi connectivity index (χ1n) is 7.52. The van der Waals surface area contributed by atoms with Crippen LogP contribution in [-0.4, -0.2) is 31.8 Å². The van der Waals surface area contributed by atoms with Gasteiger partial charge in [-0.2, -0.15) is 0 Å². The summed E-state index contributed by atoms with van der Waals surface area (Å²) in [6.45, 7) is 8.06. The molecule has 0 aliphatic rings. The molecular weight excluding hydrogens is 284 g/mol. The minimum absolute atomic E-state index is 0.227. The highest BCUT2D eigenvalue weighted by molar-refractivity contribution is 5.94. The van der Waals surface area contributed by atoms with Crippen molar-refractivity contribution in [3.8, 4) is 5.75 Å². The molecule has 0 saturated heterocycles. The van der Waals surface area contributed by atoms with Crippen molar-refractivity contribution in [2.45, 2.75) is 34.1 Å². The molecule has 0 aliphatic carbocycles. The number of esters is 2. The van der Waals surface area contributed by atoms with E-state index in [1.807, 2.05) is 32.0 Å². The summed E-state index contributed by atoms with van der Waals surface area (Å²) in [5.74, 6) is -1.32. The van der Waals surface area contributed by atoms with Crippen LogP contribution in [0.4, 0.5) is 0 Å². The molecule has 1 aromatic carbocycles. The van der Waals surface area contributed by atoms with Gasteiger partial charge < -0.3 is 14.2 Å². The second kappa shape index (κ2) is 9.07. The topological polar surface area (TPSA) is 61.8 Å². The summed E-state index contributed by atoms with van der Waals surface area (Å²) in [7, 11) is 0. The third-order valence-corrected chi connectivity index (χ3v) is 3.14. The maximum absolute atomic E-state index is 11.8. The number of aryl methyl sites for hydroxylation is 2. The normalized spacial score (nSPS) is 10.4. The van der Waals surface area contributed by atoms with Gasteiger partial charge in [-0.15, -0.1) is 0 Å². The molecule has 0 atom stereocenters. The molecule has 122 valence electrons. The lowest BCUT2D eigenvalue weighted by molar-refractivity contribution is -0.162. The highest BCUT2D eigenvalue weighted by Crippen LogP contribution is 2.19. The molecule has 1 rings (SSSR count). The quantitative estimate of drug-likeness (QED) is 0.546. The second-order valence-corrected chi connectivity index (χ2v) is 4.96. The van der Waals surface area contributed by atoms with E-state index in [1.54, 1.807) is 13.8 Å². The van der Waals surface area contributed by atoms with Gasteiger partial charge in [-0.3, -0.25) is 9.59 Å². The summed E-state index contributed by atoms with van der Waals surface area (Å²) in [5, 5.41) is 0. The molecule has 0 heterocycles. The van der Waals surface area contributed by atoms with E-state index in [9.17, 15) is 9.59 Å². The molecule has 0 aliphatic heterocycles. The number of carbonyl (C=O) groups excluding carboxylic acids is 2. The van der Waals surface area contributed by atoms with Crippen LogP contribution in [0.15, 0.2) is 18.2 Å². The van der Waals surface area contributed by atoms with Crippen molar-refractivity contribution in [1.29, 1.82) is 0 Å². The zero-order valence-corrected chi connectivity index (χ0v) is 13.7. The SMILES string of the molecule is CCOC(=O)C(CCOc1ccc(C)cc1C)C(=O)OCC. The Morgan fingerprint density at radius 2 is 1.64 bits per heavy atom. The Kier molecular flexibility index (Phi) is 7.43. The molecule has 0 fully saturated rings. The molecule has 0 saturated carbocycles. The van der Waals surface area contributed by atoms with Crippen LogP contribution in [0.2, 0.25) is 0 Å². The molecule has 0 N–H and O–H groups in total. The highest BCUT2D eigenvalue weighted by atomic mass is 16.6. The summed E-state index contributed by atoms with van der Waals surface area (Å²) < 4.78 is 15.5. The average molecular weight is 308 g/mol. The van der Waals surface area contributed by atoms with Crippen molar-refractivity contribution in [3.63, 3.8) is 0 Å². The van der Waals surface area contributed by atoms with Crippen LogP contribution in [0.1, 0.15) is 31.4 Å². The summed E-state index contributed by atoms with van der Waals surface area (Å²) in [6, 6.07) is 5.86. The van der Waals surface area contributed by atoms with Crippen molar-refractivity contribution < 1.29 is 23.8 Å². The number of rotatable bonds is 8. The number of ether oxygens (including phenoxy) is 3. The Labute approximate surface area is 131 Å². The molecule has 0 unspecified atom stereocenters. The fraction of sp³-hybridized carbons (Fsp3) is 0.529. The van der Waals surface area contributed by atoms with Crippen LogP contribution in [-0.2, 0) is 19.1 Å². The summed E-state index contributed by atoms with van der Waals surface area (Å²) in [4.78, 5) is 23.7. The van der Waals surface area contributed by atoms with E-state index >= 15 is 0 Å². The van der Waals surface area contributed by atoms with Crippen LogP contribution < -0.4 is 4.74 Å². The molecule has 5 heteroatoms. The Bertz CT molecular complexity index is 492. The van der Waals surface area contributed by atoms with E-state index in [-0.39, 0.29) is 26.2 Å². The number of hydrogen-bond donors (Lipinski definition) is 0. The lowest BCUT2D eigenvalue weighted by atomic mass is 10.1. The molecule has 0 amide bonds. The Hall–Kier alpha value is -2.04. The van der Waals surface area contributed by atoms with Crippen LogP contribution in [0.5, 0.6) is 5.75 Å². The van der Waals surface area contributed by atoms with Crippen LogP contribution in [0.3, 0.4) is 0 Å². The van der Waals surface area contributed by atoms with Gasteiger partial charge in [0.05, 0.1) is 19.8 Å². The van der Waals surface area contributed by atoms with Gasteiger partial charge in [0.1, 0.15) is 5.75 Å². The first-order chi connectivity index (χ1) is 10.5. The maximum atomic E-state index is 11.8. The minimum Gasteiger partial charge on any atom is -0.493 e. The molecule has 0 spiro atoms. The number of carbonyl (C=O) groups is 2. The Morgan fingerprint density at radius 1 is 1.05 bits per heavy atom. The fourth-order valence-electron chi connectivity index (χ4n) is 2.07. The summed E-state index contributed by atoms with van der Waals surface area (Å²) in [5.41, 5.74) is 2.17. The fourth-order valence-corrected chi connectivity index (χ4v) is 2.07. The first kappa shape index (κ1) is 18.0. The number of benzene rings is 1. The van der Waals surface area contributed by atoms with Crippen LogP contribution in [0.25, 0.3) is 0 Å². The van der Waals surface area contributed by atoms with Gasteiger partial charge in [-0.25, -0.2) is 0 Å². The van der Waals surface area contributed by atoms with Crippen LogP contribution >= 0.6 is 0 Å². The van der Waals surface area contributed by atoms with Crippen molar-refractivity contribution >= 4 is 11.9 Å². The predicted octanol–water partition coefficient (Wildman–Crippen LogP) is 2.81. The smallest absolute Gasteiger partial charge is 0.320 e. The van der Waals surface area contributed by atoms with Gasteiger partial charge in [0.15, 0.2) is 5.92 Å². The largest absolute Gasteiger partial charge is 0.493 e. The van der Waals surface area contributed by atoms with Gasteiger partial charge in [-0.1, -0.05) is 17.7 Å². The zero-order chi connectivity index (χ0) is 16.5. The van der Waals surface area contributed by atoms with E-state index in [2.05, 4.69) is 0 Å². The van der Waals surface area contributed by atoms with E-state index in [0.29, 0.717) is 0 Å². The van der Waals surface area contributed by atoms with Gasteiger partial charge in [-0.05, 0) is 39.3 Å². The summed E-state index contributed by atoms with van der Waals surface area (Å²) in [6.07, 6.45) is 0.227. The highest BCUT2D eigenvalue weighted by Gasteiger charge is 2.29. The maximum Gasteiger partial charge on any atom is 0.320 e. The molecule has 0 radical (unpaired) electrons. The molecule has 22 heavy (non-hydrogen) atoms. The molecular formula is C17H24O5. The third kappa shape index (κ3) is 5.39. The van der Waals surface area contributed by atoms with Crippen LogP contribution in [0, 0.1) is 19.8 Å². The van der Waals surface area contributed by atoms with E-state index < -0.39 is 17.9 Å². The molecule has 0 bridgehead atoms. The molecule has 5 nitrogen and oxygen atoms in total. The van der Waals surface area contributed by atoms with Gasteiger partial charge >= 0.3 is 11.9 Å². The van der Waals surface area contributed by atoms with Crippen molar-refractivity contribution in [3.05, 3.63) is 29.3 Å². The predicted molar refractivity (Wildman–Crippen MR) is 82.8 cm³/mol. The van der Waals surface area contributed by atoms with E-state index in [0.717, 1.165) is 16.9 Å². The molecule has 0 aromatic heterocycles. The summed E-state index contributed by atoms with van der Waals surface area (Å²) >= 11 is 0. The number of hydrogen-bond acceptors (Lipinski definition) is 5. The van der Waals surface area contributed by atoms with Gasteiger partial charge in [0, 0.05) is 6.42 Å². The zero-order valence-electron chi connectivity index (χ0n) is 13.7. The lowest BCUT2D eigenvalue weighted by Gasteiger charge is -2.15. The standard InChI is InChI=1S/C17H24O5/c1-5-20-16(18)14(17(19)21-6-2)9-10-22-15-8-7-12(3)11-13(15)4/h7-8,11,14H,5-6,9-10H2,1-4H3. The molecule has 1 aromatic rings. The lowest BCUT2D eigenvalue weighted by Crippen LogP contribution is -2.29. The van der Waals surface area contributed by atoms with Crippen molar-refractivity contribution in [1.82, 2.24) is 0 Å². The Morgan fingerprint density at radius 3 is 2.14 bits per heavy atom. The van der Waals surface area contributed by atoms with Gasteiger partial charge in [0.2, 0.25) is 0 Å². The van der Waals surface area contributed by atoms with Crippen molar-refractivity contribution in [2.24, 2.45) is 5.92 Å². The van der Waals surface area contributed by atoms with E-state index in [4.69, 9.17) is 14.2 Å². The third-order valence-electron chi connectivity index (χ3n) is 3.14. The Balaban J connectivity index is 2.62. The van der Waals surface area contributed by atoms with E-state index in [1.165, 1.54) is 0 Å². The second-order valence-electron chi connectivity index (χ2n) is 4.96. The average Bonchev–Trinajstić information content (AvgIpc) is 2.45. The van der Waals surface area contributed by atoms with Crippen molar-refractivity contribution in [2.75, 3.05) is 19.8 Å².